The summed E-state index contributed by atoms with van der Waals surface area (Å²) >= 11 is 0. The van der Waals surface area contributed by atoms with Crippen molar-refractivity contribution in [1.29, 1.82) is 0 Å². The number of benzene rings is 1. The van der Waals surface area contributed by atoms with Crippen LogP contribution in [0.15, 0.2) is 53.6 Å². The largest absolute Gasteiger partial charge is 0.477 e. The monoisotopic (exact) mass is 482 g/mol. The highest BCUT2D eigenvalue weighted by Crippen LogP contribution is 2.11. The van der Waals surface area contributed by atoms with Gasteiger partial charge in [-0.2, -0.15) is 5.10 Å². The molecular formula is C24H30N6O5. The van der Waals surface area contributed by atoms with Crippen molar-refractivity contribution >= 4 is 17.7 Å². The molecule has 0 fully saturated rings. The number of rotatable bonds is 9. The van der Waals surface area contributed by atoms with Gasteiger partial charge in [-0.15, -0.1) is 5.10 Å². The Morgan fingerprint density at radius 2 is 1.94 bits per heavy atom. The zero-order valence-corrected chi connectivity index (χ0v) is 20.3. The molecule has 0 saturated heterocycles. The van der Waals surface area contributed by atoms with E-state index in [-0.39, 0.29) is 23.9 Å². The number of aromatic nitrogens is 4. The first kappa shape index (κ1) is 25.5. The summed E-state index contributed by atoms with van der Waals surface area (Å²) in [5.41, 5.74) is 0.920. The SMILES string of the molecule is Cn1cc(NC(=O)c2cccc(Cn3nc(OCCCNC(=O)OC(C)(C)C)ccc3=O)c2)cn1. The highest BCUT2D eigenvalue weighted by atomic mass is 16.6. The molecule has 0 saturated carbocycles. The maximum absolute atomic E-state index is 12.5. The average molecular weight is 483 g/mol. The fourth-order valence-electron chi connectivity index (χ4n) is 3.05. The third-order valence-electron chi connectivity index (χ3n) is 4.57. The second kappa shape index (κ2) is 11.3. The Balaban J connectivity index is 1.54. The van der Waals surface area contributed by atoms with Crippen LogP contribution in [0.4, 0.5) is 10.5 Å². The molecule has 0 unspecified atom stereocenters. The van der Waals surface area contributed by atoms with E-state index in [1.165, 1.54) is 16.8 Å². The Bertz CT molecular complexity index is 1230. The first-order valence-electron chi connectivity index (χ1n) is 11.2. The molecule has 0 atom stereocenters. The van der Waals surface area contributed by atoms with E-state index in [2.05, 4.69) is 20.8 Å². The standard InChI is InChI=1S/C24H30N6O5/c1-24(2,3)35-23(33)25-11-6-12-34-20-9-10-21(31)30(28-20)15-17-7-5-8-18(13-17)22(32)27-19-14-26-29(4)16-19/h5,7-10,13-14,16H,6,11-12,15H2,1-4H3,(H,25,33)(H,27,32). The molecule has 2 amide bonds. The van der Waals surface area contributed by atoms with E-state index in [9.17, 15) is 14.4 Å². The number of hydrogen-bond donors (Lipinski definition) is 2. The summed E-state index contributed by atoms with van der Waals surface area (Å²) in [6.45, 7) is 6.23. The maximum atomic E-state index is 12.5. The first-order valence-corrected chi connectivity index (χ1v) is 11.2. The normalized spacial score (nSPS) is 11.1. The van der Waals surface area contributed by atoms with E-state index >= 15 is 0 Å². The summed E-state index contributed by atoms with van der Waals surface area (Å²) in [4.78, 5) is 36.5. The predicted molar refractivity (Wildman–Crippen MR) is 130 cm³/mol. The zero-order chi connectivity index (χ0) is 25.4. The minimum Gasteiger partial charge on any atom is -0.477 e. The van der Waals surface area contributed by atoms with Crippen molar-refractivity contribution < 1.29 is 19.1 Å². The van der Waals surface area contributed by atoms with Crippen molar-refractivity contribution in [2.45, 2.75) is 39.3 Å². The van der Waals surface area contributed by atoms with E-state index in [0.717, 1.165) is 5.56 Å². The van der Waals surface area contributed by atoms with Gasteiger partial charge in [-0.25, -0.2) is 9.48 Å². The Morgan fingerprint density at radius 1 is 1.14 bits per heavy atom. The topological polar surface area (TPSA) is 129 Å². The van der Waals surface area contributed by atoms with Gasteiger partial charge in [0.05, 0.1) is 25.0 Å². The Morgan fingerprint density at radius 3 is 2.66 bits per heavy atom. The van der Waals surface area contributed by atoms with Crippen molar-refractivity contribution in [3.63, 3.8) is 0 Å². The van der Waals surface area contributed by atoms with E-state index in [1.807, 2.05) is 6.07 Å². The van der Waals surface area contributed by atoms with Crippen molar-refractivity contribution in [2.24, 2.45) is 7.05 Å². The summed E-state index contributed by atoms with van der Waals surface area (Å²) in [5.74, 6) is 0.00424. The third kappa shape index (κ3) is 8.29. The number of alkyl carbamates (subject to hydrolysis) is 1. The lowest BCUT2D eigenvalue weighted by Gasteiger charge is -2.19. The van der Waals surface area contributed by atoms with Crippen LogP contribution in [0.25, 0.3) is 0 Å². The lowest BCUT2D eigenvalue weighted by atomic mass is 10.1. The van der Waals surface area contributed by atoms with Gasteiger partial charge in [0.1, 0.15) is 5.60 Å². The van der Waals surface area contributed by atoms with E-state index < -0.39 is 11.7 Å². The van der Waals surface area contributed by atoms with Gasteiger partial charge in [0.2, 0.25) is 5.88 Å². The number of ether oxygens (including phenoxy) is 2. The molecule has 0 aliphatic heterocycles. The molecule has 0 bridgehead atoms. The fraction of sp³-hybridized carbons (Fsp3) is 0.375. The molecule has 2 N–H and O–H groups in total. The van der Waals surface area contributed by atoms with Gasteiger partial charge >= 0.3 is 6.09 Å². The van der Waals surface area contributed by atoms with Crippen LogP contribution in [0.5, 0.6) is 5.88 Å². The number of nitrogens with one attached hydrogen (secondary N) is 2. The maximum Gasteiger partial charge on any atom is 0.407 e. The van der Waals surface area contributed by atoms with Crippen LogP contribution < -0.4 is 20.9 Å². The molecule has 186 valence electrons. The van der Waals surface area contributed by atoms with Crippen molar-refractivity contribution in [3.8, 4) is 5.88 Å². The number of anilines is 1. The summed E-state index contributed by atoms with van der Waals surface area (Å²) < 4.78 is 13.7. The highest BCUT2D eigenvalue weighted by molar-refractivity contribution is 6.04. The first-order chi connectivity index (χ1) is 16.6. The van der Waals surface area contributed by atoms with E-state index in [0.29, 0.717) is 30.8 Å². The molecular weight excluding hydrogens is 452 g/mol. The molecule has 0 spiro atoms. The highest BCUT2D eigenvalue weighted by Gasteiger charge is 2.15. The lowest BCUT2D eigenvalue weighted by Crippen LogP contribution is -2.33. The second-order valence-electron chi connectivity index (χ2n) is 8.86. The predicted octanol–water partition coefficient (Wildman–Crippen LogP) is 2.57. The summed E-state index contributed by atoms with van der Waals surface area (Å²) in [5, 5.41) is 13.7. The zero-order valence-electron chi connectivity index (χ0n) is 20.3. The molecule has 11 nitrogen and oxygen atoms in total. The number of amides is 2. The molecule has 3 aromatic rings. The molecule has 2 aromatic heterocycles. The van der Waals surface area contributed by atoms with E-state index in [1.54, 1.807) is 63.1 Å². The second-order valence-corrected chi connectivity index (χ2v) is 8.86. The smallest absolute Gasteiger partial charge is 0.407 e. The summed E-state index contributed by atoms with van der Waals surface area (Å²) in [6, 6.07) is 9.82. The molecule has 0 radical (unpaired) electrons. The van der Waals surface area contributed by atoms with Crippen LogP contribution in [-0.4, -0.2) is 50.3 Å². The molecule has 3 rings (SSSR count). The quantitative estimate of drug-likeness (QED) is 0.449. The van der Waals surface area contributed by atoms with Gasteiger partial charge in [-0.05, 0) is 44.9 Å². The van der Waals surface area contributed by atoms with Crippen LogP contribution in [0.1, 0.15) is 43.1 Å². The Hall–Kier alpha value is -4.15. The van der Waals surface area contributed by atoms with E-state index in [4.69, 9.17) is 9.47 Å². The molecule has 11 heteroatoms. The number of hydrogen-bond acceptors (Lipinski definition) is 7. The van der Waals surface area contributed by atoms with Crippen LogP contribution in [0, 0.1) is 0 Å². The van der Waals surface area contributed by atoms with Crippen molar-refractivity contribution in [2.75, 3.05) is 18.5 Å². The van der Waals surface area contributed by atoms with Gasteiger partial charge in [0.25, 0.3) is 11.5 Å². The molecule has 2 heterocycles. The molecule has 0 aliphatic carbocycles. The van der Waals surface area contributed by atoms with Gasteiger partial charge in [0.15, 0.2) is 0 Å². The van der Waals surface area contributed by atoms with Crippen molar-refractivity contribution in [3.05, 3.63) is 70.3 Å². The lowest BCUT2D eigenvalue weighted by molar-refractivity contribution is 0.0525. The number of carbonyl (C=O) groups excluding carboxylic acids is 2. The number of aryl methyl sites for hydroxylation is 1. The Kier molecular flexibility index (Phi) is 8.24. The summed E-state index contributed by atoms with van der Waals surface area (Å²) in [7, 11) is 1.76. The van der Waals surface area contributed by atoms with Gasteiger partial charge in [0, 0.05) is 37.5 Å². The van der Waals surface area contributed by atoms with Crippen LogP contribution in [0.2, 0.25) is 0 Å². The average Bonchev–Trinajstić information content (AvgIpc) is 3.19. The minimum absolute atomic E-state index is 0.171. The molecule has 1 aromatic carbocycles. The van der Waals surface area contributed by atoms with Crippen molar-refractivity contribution in [1.82, 2.24) is 24.9 Å². The third-order valence-corrected chi connectivity index (χ3v) is 4.57. The van der Waals surface area contributed by atoms with Crippen LogP contribution >= 0.6 is 0 Å². The van der Waals surface area contributed by atoms with Crippen LogP contribution in [0.3, 0.4) is 0 Å². The Labute approximate surface area is 203 Å². The van der Waals surface area contributed by atoms with Crippen LogP contribution in [-0.2, 0) is 18.3 Å². The molecule has 35 heavy (non-hydrogen) atoms. The minimum atomic E-state index is -0.555. The summed E-state index contributed by atoms with van der Waals surface area (Å²) in [6.07, 6.45) is 3.31. The van der Waals surface area contributed by atoms with Gasteiger partial charge in [-0.3, -0.25) is 14.3 Å². The van der Waals surface area contributed by atoms with Gasteiger partial charge < -0.3 is 20.1 Å². The number of nitrogens with zero attached hydrogens (tertiary/aromatic N) is 4. The fourth-order valence-corrected chi connectivity index (χ4v) is 3.05. The van der Waals surface area contributed by atoms with Gasteiger partial charge in [-0.1, -0.05) is 12.1 Å². The number of carbonyl (C=O) groups is 2. The molecule has 0 aliphatic rings.